The third kappa shape index (κ3) is 2.06. The maximum atomic E-state index is 5.21. The molecule has 0 aliphatic carbocycles. The zero-order valence-corrected chi connectivity index (χ0v) is 8.85. The fourth-order valence-corrected chi connectivity index (χ4v) is 1.54. The molecule has 0 radical (unpaired) electrons. The Labute approximate surface area is 94.4 Å². The predicted molar refractivity (Wildman–Crippen MR) is 65.6 cm³/mol. The van der Waals surface area contributed by atoms with Crippen molar-refractivity contribution in [2.45, 2.75) is 0 Å². The van der Waals surface area contributed by atoms with Gasteiger partial charge in [0.25, 0.3) is 0 Å². The van der Waals surface area contributed by atoms with Crippen molar-refractivity contribution in [3.63, 3.8) is 0 Å². The number of ether oxygens (including phenoxy) is 2. The molecule has 16 heavy (non-hydrogen) atoms. The molecule has 0 atom stereocenters. The average Bonchev–Trinajstić information content (AvgIpc) is 2.30. The topological polar surface area (TPSA) is 18.5 Å². The first kappa shape index (κ1) is 10.3. The quantitative estimate of drug-likeness (QED) is 0.716. The fourth-order valence-electron chi connectivity index (χ4n) is 1.54. The van der Waals surface area contributed by atoms with E-state index in [2.05, 4.69) is 13.2 Å². The fraction of sp³-hybridized carbons (Fsp3) is 0. The van der Waals surface area contributed by atoms with E-state index in [1.54, 1.807) is 0 Å². The normalized spacial score (nSPS) is 9.75. The Morgan fingerprint density at radius 2 is 1.19 bits per heavy atom. The van der Waals surface area contributed by atoms with Crippen LogP contribution in [0.2, 0.25) is 0 Å². The Balaban J connectivity index is 2.43. The summed E-state index contributed by atoms with van der Waals surface area (Å²) in [5, 5.41) is 2.19. The van der Waals surface area contributed by atoms with Gasteiger partial charge in [-0.1, -0.05) is 25.3 Å². The molecule has 0 aromatic heterocycles. The van der Waals surface area contributed by atoms with Crippen molar-refractivity contribution in [2.75, 3.05) is 0 Å². The lowest BCUT2D eigenvalue weighted by atomic mass is 10.1. The monoisotopic (exact) mass is 212 g/mol. The molecule has 0 N–H and O–H groups in total. The third-order valence-electron chi connectivity index (χ3n) is 2.22. The Bertz CT molecular complexity index is 480. The molecule has 0 bridgehead atoms. The lowest BCUT2D eigenvalue weighted by Crippen LogP contribution is -1.83. The predicted octanol–water partition coefficient (Wildman–Crippen LogP) is 3.88. The molecule has 2 nitrogen and oxygen atoms in total. The van der Waals surface area contributed by atoms with Crippen molar-refractivity contribution in [1.82, 2.24) is 0 Å². The summed E-state index contributed by atoms with van der Waals surface area (Å²) in [5.74, 6) is 1.56. The van der Waals surface area contributed by atoms with Crippen LogP contribution in [0.1, 0.15) is 0 Å². The number of rotatable bonds is 4. The van der Waals surface area contributed by atoms with Gasteiger partial charge in [0.15, 0.2) is 0 Å². The molecule has 0 saturated carbocycles. The van der Waals surface area contributed by atoms with Crippen LogP contribution < -0.4 is 9.47 Å². The zero-order valence-electron chi connectivity index (χ0n) is 8.85. The molecule has 0 heterocycles. The van der Waals surface area contributed by atoms with Gasteiger partial charge >= 0.3 is 0 Å². The van der Waals surface area contributed by atoms with E-state index in [4.69, 9.17) is 9.47 Å². The van der Waals surface area contributed by atoms with Crippen molar-refractivity contribution in [3.05, 3.63) is 62.1 Å². The first-order valence-corrected chi connectivity index (χ1v) is 4.92. The highest BCUT2D eigenvalue weighted by molar-refractivity contribution is 5.85. The molecule has 2 rings (SSSR count). The lowest BCUT2D eigenvalue weighted by Gasteiger charge is -2.04. The number of hydrogen-bond donors (Lipinski definition) is 0. The van der Waals surface area contributed by atoms with Gasteiger partial charge in [0, 0.05) is 0 Å². The first-order chi connectivity index (χ1) is 7.83. The van der Waals surface area contributed by atoms with Gasteiger partial charge in [-0.25, -0.2) is 0 Å². The van der Waals surface area contributed by atoms with Gasteiger partial charge < -0.3 is 9.47 Å². The highest BCUT2D eigenvalue weighted by atomic mass is 16.5. The Kier molecular flexibility index (Phi) is 2.92. The van der Waals surface area contributed by atoms with E-state index in [0.717, 1.165) is 22.3 Å². The van der Waals surface area contributed by atoms with E-state index in [0.29, 0.717) is 0 Å². The standard InChI is InChI=1S/C14H12O2/c1-3-15-13-7-5-12-10-14(16-4-2)8-6-11(12)9-13/h3-10H,1-2H2. The van der Waals surface area contributed by atoms with Crippen LogP contribution in [0.25, 0.3) is 10.8 Å². The molecule has 0 aliphatic rings. The summed E-state index contributed by atoms with van der Waals surface area (Å²) in [7, 11) is 0. The molecule has 2 heteroatoms. The second-order valence-corrected chi connectivity index (χ2v) is 3.24. The largest absolute Gasteiger partial charge is 0.466 e. The van der Waals surface area contributed by atoms with Gasteiger partial charge in [-0.15, -0.1) is 0 Å². The van der Waals surface area contributed by atoms with Gasteiger partial charge in [0.1, 0.15) is 11.5 Å². The lowest BCUT2D eigenvalue weighted by molar-refractivity contribution is 0.482. The number of fused-ring (bicyclic) bond motifs is 1. The van der Waals surface area contributed by atoms with Gasteiger partial charge in [-0.3, -0.25) is 0 Å². The summed E-state index contributed by atoms with van der Waals surface area (Å²) >= 11 is 0. The first-order valence-electron chi connectivity index (χ1n) is 4.92. The summed E-state index contributed by atoms with van der Waals surface area (Å²) in [5.41, 5.74) is 0. The minimum Gasteiger partial charge on any atom is -0.466 e. The summed E-state index contributed by atoms with van der Waals surface area (Å²) < 4.78 is 10.4. The van der Waals surface area contributed by atoms with Crippen LogP contribution in [0.15, 0.2) is 62.1 Å². The Hall–Kier alpha value is -2.22. The molecule has 0 spiro atoms. The van der Waals surface area contributed by atoms with Crippen molar-refractivity contribution in [3.8, 4) is 11.5 Å². The average molecular weight is 212 g/mol. The van der Waals surface area contributed by atoms with Crippen molar-refractivity contribution < 1.29 is 9.47 Å². The zero-order chi connectivity index (χ0) is 11.4. The summed E-state index contributed by atoms with van der Waals surface area (Å²) in [6, 6.07) is 11.6. The summed E-state index contributed by atoms with van der Waals surface area (Å²) in [6.45, 7) is 7.04. The molecule has 0 unspecified atom stereocenters. The van der Waals surface area contributed by atoms with Crippen molar-refractivity contribution in [1.29, 1.82) is 0 Å². The van der Waals surface area contributed by atoms with Crippen molar-refractivity contribution >= 4 is 10.8 Å². The molecular weight excluding hydrogens is 200 g/mol. The van der Waals surface area contributed by atoms with Crippen LogP contribution in [-0.4, -0.2) is 0 Å². The molecule has 0 saturated heterocycles. The molecule has 0 aliphatic heterocycles. The van der Waals surface area contributed by atoms with Crippen LogP contribution in [0.5, 0.6) is 11.5 Å². The van der Waals surface area contributed by atoms with Gasteiger partial charge in [0.2, 0.25) is 0 Å². The SMILES string of the molecule is C=COc1ccc2cc(OC=C)ccc2c1. The Morgan fingerprint density at radius 1 is 0.750 bits per heavy atom. The van der Waals surface area contributed by atoms with E-state index in [9.17, 15) is 0 Å². The van der Waals surface area contributed by atoms with Crippen LogP contribution in [0, 0.1) is 0 Å². The van der Waals surface area contributed by atoms with E-state index >= 15 is 0 Å². The maximum absolute atomic E-state index is 5.21. The van der Waals surface area contributed by atoms with E-state index < -0.39 is 0 Å². The number of benzene rings is 2. The Morgan fingerprint density at radius 3 is 1.56 bits per heavy atom. The minimum atomic E-state index is 0.778. The minimum absolute atomic E-state index is 0.778. The molecule has 2 aromatic carbocycles. The van der Waals surface area contributed by atoms with E-state index in [1.807, 2.05) is 36.4 Å². The van der Waals surface area contributed by atoms with E-state index in [1.165, 1.54) is 12.5 Å². The van der Waals surface area contributed by atoms with Crippen molar-refractivity contribution in [2.24, 2.45) is 0 Å². The molecule has 2 aromatic rings. The van der Waals surface area contributed by atoms with Crippen LogP contribution in [0.3, 0.4) is 0 Å². The van der Waals surface area contributed by atoms with Crippen LogP contribution in [-0.2, 0) is 0 Å². The summed E-state index contributed by atoms with van der Waals surface area (Å²) in [4.78, 5) is 0. The molecular formula is C14H12O2. The van der Waals surface area contributed by atoms with Crippen LogP contribution >= 0.6 is 0 Å². The highest BCUT2D eigenvalue weighted by Gasteiger charge is 1.98. The molecule has 80 valence electrons. The highest BCUT2D eigenvalue weighted by Crippen LogP contribution is 2.25. The summed E-state index contributed by atoms with van der Waals surface area (Å²) in [6.07, 6.45) is 2.83. The van der Waals surface area contributed by atoms with E-state index in [-0.39, 0.29) is 0 Å². The van der Waals surface area contributed by atoms with Gasteiger partial charge in [0.05, 0.1) is 12.5 Å². The second-order valence-electron chi connectivity index (χ2n) is 3.24. The smallest absolute Gasteiger partial charge is 0.127 e. The van der Waals surface area contributed by atoms with Gasteiger partial charge in [-0.2, -0.15) is 0 Å². The van der Waals surface area contributed by atoms with Gasteiger partial charge in [-0.05, 0) is 35.0 Å². The second kappa shape index (κ2) is 4.53. The molecule has 0 amide bonds. The maximum Gasteiger partial charge on any atom is 0.127 e. The molecule has 0 fully saturated rings. The van der Waals surface area contributed by atoms with Crippen LogP contribution in [0.4, 0.5) is 0 Å². The third-order valence-corrected chi connectivity index (χ3v) is 2.22. The number of hydrogen-bond acceptors (Lipinski definition) is 2.